The van der Waals surface area contributed by atoms with E-state index < -0.39 is 43.3 Å². The van der Waals surface area contributed by atoms with E-state index in [9.17, 15) is 20.1 Å². The third kappa shape index (κ3) is 6.41. The lowest BCUT2D eigenvalue weighted by Crippen LogP contribution is -2.60. The van der Waals surface area contributed by atoms with Gasteiger partial charge in [-0.05, 0) is 29.8 Å². The number of aliphatic hydroxyl groups excluding tert-OH is 3. The van der Waals surface area contributed by atoms with Crippen LogP contribution in [0.2, 0.25) is 15.1 Å². The Labute approximate surface area is 233 Å². The maximum atomic E-state index is 12.8. The fraction of sp³-hybridized carbons (Fsp3) is 0.360. The molecule has 0 aliphatic carbocycles. The van der Waals surface area contributed by atoms with Gasteiger partial charge in [0.1, 0.15) is 30.7 Å². The summed E-state index contributed by atoms with van der Waals surface area (Å²) >= 11 is 18.7. The Morgan fingerprint density at radius 3 is 2.42 bits per heavy atom. The van der Waals surface area contributed by atoms with Gasteiger partial charge < -0.3 is 38.8 Å². The molecule has 1 aliphatic heterocycles. The number of hydrogen-bond donors (Lipinski definition) is 3. The summed E-state index contributed by atoms with van der Waals surface area (Å²) in [5, 5.41) is 30.6. The van der Waals surface area contributed by atoms with Crippen molar-refractivity contribution in [2.45, 2.75) is 43.9 Å². The lowest BCUT2D eigenvalue weighted by Gasteiger charge is -2.40. The van der Waals surface area contributed by atoms with Crippen LogP contribution >= 0.6 is 34.8 Å². The molecule has 4 rings (SSSR count). The van der Waals surface area contributed by atoms with E-state index in [4.69, 9.17) is 53.8 Å². The van der Waals surface area contributed by atoms with Crippen LogP contribution in [-0.4, -0.2) is 75.3 Å². The van der Waals surface area contributed by atoms with Gasteiger partial charge in [-0.15, -0.1) is 0 Å². The Morgan fingerprint density at radius 2 is 1.79 bits per heavy atom. The van der Waals surface area contributed by atoms with Gasteiger partial charge in [0.2, 0.25) is 0 Å². The largest absolute Gasteiger partial charge is 0.483 e. The van der Waals surface area contributed by atoms with Crippen LogP contribution in [0.25, 0.3) is 0 Å². The SMILES string of the molecule is CO[C@H]1O[C@H](CO)[C@@H](O)[C@H](O)[C@H]1OC(=O)c1cc(Cl)c(OCc2nccn2Cc2ccc(Cl)cc2)c(Cl)c1. The Bertz CT molecular complexity index is 1230. The number of rotatable bonds is 9. The van der Waals surface area contributed by atoms with Gasteiger partial charge in [0, 0.05) is 31.1 Å². The van der Waals surface area contributed by atoms with Crippen LogP contribution in [0.3, 0.4) is 0 Å². The van der Waals surface area contributed by atoms with Gasteiger partial charge in [0.25, 0.3) is 0 Å². The molecule has 13 heteroatoms. The molecule has 3 N–H and O–H groups in total. The maximum absolute atomic E-state index is 12.8. The molecule has 2 aromatic carbocycles. The molecule has 5 atom stereocenters. The van der Waals surface area contributed by atoms with Crippen molar-refractivity contribution in [3.63, 3.8) is 0 Å². The van der Waals surface area contributed by atoms with Crippen molar-refractivity contribution in [2.24, 2.45) is 0 Å². The summed E-state index contributed by atoms with van der Waals surface area (Å²) < 4.78 is 23.5. The molecule has 1 aliphatic rings. The minimum absolute atomic E-state index is 0.0302. The molecule has 0 spiro atoms. The lowest BCUT2D eigenvalue weighted by atomic mass is 9.99. The molecule has 1 saturated heterocycles. The number of aliphatic hydroxyl groups is 3. The number of nitrogens with zero attached hydrogens (tertiary/aromatic N) is 2. The van der Waals surface area contributed by atoms with E-state index in [0.29, 0.717) is 17.4 Å². The van der Waals surface area contributed by atoms with Crippen molar-refractivity contribution >= 4 is 40.8 Å². The summed E-state index contributed by atoms with van der Waals surface area (Å²) in [6, 6.07) is 10.0. The monoisotopic (exact) mass is 586 g/mol. The van der Waals surface area contributed by atoms with E-state index in [1.54, 1.807) is 6.20 Å². The van der Waals surface area contributed by atoms with E-state index in [1.165, 1.54) is 19.2 Å². The Morgan fingerprint density at radius 1 is 1.11 bits per heavy atom. The minimum Gasteiger partial charge on any atom is -0.483 e. The molecule has 3 aromatic rings. The molecule has 2 heterocycles. The van der Waals surface area contributed by atoms with Crippen molar-refractivity contribution < 1.29 is 39.1 Å². The summed E-state index contributed by atoms with van der Waals surface area (Å²) in [7, 11) is 1.27. The van der Waals surface area contributed by atoms with Crippen LogP contribution in [0.4, 0.5) is 0 Å². The predicted molar refractivity (Wildman–Crippen MR) is 138 cm³/mol. The molecule has 0 saturated carbocycles. The highest BCUT2D eigenvalue weighted by atomic mass is 35.5. The number of methoxy groups -OCH3 is 1. The molecule has 1 aromatic heterocycles. The summed E-state index contributed by atoms with van der Waals surface area (Å²) in [6.07, 6.45) is -3.32. The second-order valence-corrected chi connectivity index (χ2v) is 9.72. The van der Waals surface area contributed by atoms with Crippen LogP contribution in [0.1, 0.15) is 21.7 Å². The number of halogens is 3. The highest BCUT2D eigenvalue weighted by Gasteiger charge is 2.47. The highest BCUT2D eigenvalue weighted by molar-refractivity contribution is 6.37. The van der Waals surface area contributed by atoms with Crippen molar-refractivity contribution in [1.82, 2.24) is 9.55 Å². The second-order valence-electron chi connectivity index (χ2n) is 8.47. The number of hydrogen-bond acceptors (Lipinski definition) is 9. The molecule has 0 unspecified atom stereocenters. The van der Waals surface area contributed by atoms with Gasteiger partial charge in [-0.3, -0.25) is 0 Å². The molecular weight excluding hydrogens is 563 g/mol. The van der Waals surface area contributed by atoms with Crippen LogP contribution in [-0.2, 0) is 27.4 Å². The number of carbonyl (C=O) groups excluding carboxylic acids is 1. The molecular formula is C25H25Cl3N2O8. The first-order valence-corrected chi connectivity index (χ1v) is 12.6. The van der Waals surface area contributed by atoms with Crippen LogP contribution in [0.5, 0.6) is 5.75 Å². The average molecular weight is 588 g/mol. The molecule has 0 amide bonds. The van der Waals surface area contributed by atoms with Crippen molar-refractivity contribution in [3.05, 3.63) is 80.8 Å². The van der Waals surface area contributed by atoms with Gasteiger partial charge in [0.05, 0.1) is 22.2 Å². The second kappa shape index (κ2) is 12.6. The first-order chi connectivity index (χ1) is 18.2. The normalized spacial score (nSPS) is 23.3. The van der Waals surface area contributed by atoms with Crippen molar-refractivity contribution in [3.8, 4) is 5.75 Å². The lowest BCUT2D eigenvalue weighted by molar-refractivity contribution is -0.293. The first kappa shape index (κ1) is 28.6. The number of esters is 1. The molecule has 10 nitrogen and oxygen atoms in total. The minimum atomic E-state index is -1.57. The number of ether oxygens (including phenoxy) is 4. The summed E-state index contributed by atoms with van der Waals surface area (Å²) in [5.74, 6) is -0.140. The Hall–Kier alpha value is -2.41. The van der Waals surface area contributed by atoms with Gasteiger partial charge >= 0.3 is 5.97 Å². The zero-order valence-electron chi connectivity index (χ0n) is 20.0. The van der Waals surface area contributed by atoms with Crippen LogP contribution < -0.4 is 4.74 Å². The Kier molecular flexibility index (Phi) is 9.50. The topological polar surface area (TPSA) is 133 Å². The first-order valence-electron chi connectivity index (χ1n) is 11.4. The third-order valence-electron chi connectivity index (χ3n) is 5.95. The number of aromatic nitrogens is 2. The summed E-state index contributed by atoms with van der Waals surface area (Å²) in [6.45, 7) is 0.0384. The number of benzene rings is 2. The summed E-state index contributed by atoms with van der Waals surface area (Å²) in [5.41, 5.74) is 0.994. The van der Waals surface area contributed by atoms with Gasteiger partial charge in [-0.25, -0.2) is 9.78 Å². The quantitative estimate of drug-likeness (QED) is 0.323. The molecule has 204 valence electrons. The predicted octanol–water partition coefficient (Wildman–Crippen LogP) is 3.08. The van der Waals surface area contributed by atoms with Gasteiger partial charge in [-0.2, -0.15) is 0 Å². The fourth-order valence-electron chi connectivity index (χ4n) is 3.93. The zero-order valence-corrected chi connectivity index (χ0v) is 22.3. The molecule has 0 bridgehead atoms. The van der Waals surface area contributed by atoms with E-state index >= 15 is 0 Å². The van der Waals surface area contributed by atoms with E-state index in [-0.39, 0.29) is 28.0 Å². The van der Waals surface area contributed by atoms with Crippen LogP contribution in [0, 0.1) is 0 Å². The van der Waals surface area contributed by atoms with E-state index in [1.807, 2.05) is 35.0 Å². The van der Waals surface area contributed by atoms with Crippen LogP contribution in [0.15, 0.2) is 48.8 Å². The number of imidazole rings is 1. The highest BCUT2D eigenvalue weighted by Crippen LogP contribution is 2.35. The molecule has 1 fully saturated rings. The van der Waals surface area contributed by atoms with Crippen molar-refractivity contribution in [1.29, 1.82) is 0 Å². The third-order valence-corrected chi connectivity index (χ3v) is 6.76. The standard InChI is InChI=1S/C25H25Cl3N2O8/c1-35-25-23(21(33)20(32)18(11-31)37-25)38-24(34)14-8-16(27)22(17(28)9-14)36-12-19-29-6-7-30(19)10-13-2-4-15(26)5-3-13/h2-9,18,20-21,23,25,31-33H,10-12H2,1H3/t18-,20-,21+,23-,25+/m1/s1. The smallest absolute Gasteiger partial charge is 0.338 e. The zero-order chi connectivity index (χ0) is 27.4. The van der Waals surface area contributed by atoms with E-state index in [0.717, 1.165) is 5.56 Å². The Balaban J connectivity index is 1.43. The maximum Gasteiger partial charge on any atom is 0.338 e. The fourth-order valence-corrected chi connectivity index (χ4v) is 4.65. The molecule has 0 radical (unpaired) electrons. The van der Waals surface area contributed by atoms with Gasteiger partial charge in [0.15, 0.2) is 18.1 Å². The summed E-state index contributed by atoms with van der Waals surface area (Å²) in [4.78, 5) is 17.1. The number of carbonyl (C=O) groups is 1. The van der Waals surface area contributed by atoms with E-state index in [2.05, 4.69) is 4.98 Å². The molecule has 38 heavy (non-hydrogen) atoms. The average Bonchev–Trinajstić information content (AvgIpc) is 3.34. The van der Waals surface area contributed by atoms with Crippen molar-refractivity contribution in [2.75, 3.05) is 13.7 Å². The van der Waals surface area contributed by atoms with Gasteiger partial charge in [-0.1, -0.05) is 46.9 Å².